The largest absolute Gasteiger partial charge is 0.427 e. The number of unbranched alkanes of at least 4 members (excludes halogenated alkanes) is 1. The number of carbonyl (C=O) groups is 3. The third-order valence-corrected chi connectivity index (χ3v) is 4.98. The molecule has 8 nitrogen and oxygen atoms in total. The molecule has 0 spiro atoms. The number of non-ortho nitro benzene ring substituents is 1. The lowest BCUT2D eigenvalue weighted by Gasteiger charge is -2.17. The molecule has 1 amide bonds. The van der Waals surface area contributed by atoms with Crippen LogP contribution in [0.25, 0.3) is 0 Å². The average molecular weight is 425 g/mol. The Bertz CT molecular complexity index is 705. The van der Waals surface area contributed by atoms with Gasteiger partial charge in [-0.3, -0.25) is 24.5 Å². The molecule has 1 atom stereocenters. The Morgan fingerprint density at radius 3 is 2.38 bits per heavy atom. The summed E-state index contributed by atoms with van der Waals surface area (Å²) in [5.74, 6) is 0.375. The number of nitrogens with zero attached hydrogens (tertiary/aromatic N) is 1. The van der Waals surface area contributed by atoms with Crippen LogP contribution in [-0.2, 0) is 14.4 Å². The predicted octanol–water partition coefficient (Wildman–Crippen LogP) is 3.73. The fraction of sp³-hybridized carbons (Fsp3) is 0.550. The topological polar surface area (TPSA) is 116 Å². The SMILES string of the molecule is CC(=O)SCC(CC(C)C)C(=O)NCCCCC(=O)Oc1ccc([N+](=O)[O-])cc1. The second-order valence-electron chi connectivity index (χ2n) is 7.10. The van der Waals surface area contributed by atoms with Gasteiger partial charge in [-0.1, -0.05) is 25.6 Å². The first-order chi connectivity index (χ1) is 13.7. The van der Waals surface area contributed by atoms with Crippen molar-refractivity contribution in [3.8, 4) is 5.75 Å². The molecule has 0 radical (unpaired) electrons. The van der Waals surface area contributed by atoms with Crippen LogP contribution in [0.2, 0.25) is 0 Å². The number of hydrogen-bond acceptors (Lipinski definition) is 7. The lowest BCUT2D eigenvalue weighted by atomic mass is 9.98. The maximum absolute atomic E-state index is 12.3. The third-order valence-electron chi connectivity index (χ3n) is 4.00. The highest BCUT2D eigenvalue weighted by Crippen LogP contribution is 2.19. The Labute approximate surface area is 174 Å². The lowest BCUT2D eigenvalue weighted by molar-refractivity contribution is -0.384. The maximum atomic E-state index is 12.3. The van der Waals surface area contributed by atoms with Crippen LogP contribution in [0.1, 0.15) is 46.5 Å². The fourth-order valence-electron chi connectivity index (χ4n) is 2.61. The zero-order chi connectivity index (χ0) is 21.8. The number of benzene rings is 1. The van der Waals surface area contributed by atoms with Gasteiger partial charge in [0.05, 0.1) is 4.92 Å². The van der Waals surface area contributed by atoms with E-state index in [1.807, 2.05) is 13.8 Å². The van der Waals surface area contributed by atoms with Crippen molar-refractivity contribution in [1.29, 1.82) is 0 Å². The molecule has 0 aliphatic heterocycles. The minimum absolute atomic E-state index is 0.00177. The number of hydrogen-bond donors (Lipinski definition) is 1. The number of carbonyl (C=O) groups excluding carboxylic acids is 3. The van der Waals surface area contributed by atoms with E-state index in [2.05, 4.69) is 5.32 Å². The molecule has 0 aliphatic carbocycles. The van der Waals surface area contributed by atoms with E-state index < -0.39 is 10.9 Å². The minimum atomic E-state index is -0.523. The molecule has 0 heterocycles. The standard InChI is InChI=1S/C20H28N2O6S/c1-14(2)12-16(13-29-15(3)23)20(25)21-11-5-4-6-19(24)28-18-9-7-17(8-10-18)22(26)27/h7-10,14,16H,4-6,11-13H2,1-3H3,(H,21,25). The van der Waals surface area contributed by atoms with Crippen molar-refractivity contribution in [3.05, 3.63) is 34.4 Å². The highest BCUT2D eigenvalue weighted by molar-refractivity contribution is 8.13. The second-order valence-corrected chi connectivity index (χ2v) is 8.30. The third kappa shape index (κ3) is 10.6. The molecule has 0 aliphatic rings. The van der Waals surface area contributed by atoms with E-state index in [1.165, 1.54) is 31.2 Å². The number of esters is 1. The van der Waals surface area contributed by atoms with E-state index in [4.69, 9.17) is 4.74 Å². The van der Waals surface area contributed by atoms with Crippen LogP contribution in [0, 0.1) is 22.0 Å². The van der Waals surface area contributed by atoms with Crippen LogP contribution in [-0.4, -0.2) is 34.2 Å². The molecule has 29 heavy (non-hydrogen) atoms. The van der Waals surface area contributed by atoms with Crippen molar-refractivity contribution in [2.24, 2.45) is 11.8 Å². The summed E-state index contributed by atoms with van der Waals surface area (Å²) in [6.45, 7) is 6.01. The van der Waals surface area contributed by atoms with Crippen LogP contribution in [0.4, 0.5) is 5.69 Å². The van der Waals surface area contributed by atoms with Crippen LogP contribution < -0.4 is 10.1 Å². The Morgan fingerprint density at radius 1 is 1.17 bits per heavy atom. The van der Waals surface area contributed by atoms with Crippen molar-refractivity contribution in [3.63, 3.8) is 0 Å². The van der Waals surface area contributed by atoms with Gasteiger partial charge in [-0.2, -0.15) is 0 Å². The number of amides is 1. The van der Waals surface area contributed by atoms with E-state index in [9.17, 15) is 24.5 Å². The Balaban J connectivity index is 2.29. The molecule has 0 saturated carbocycles. The summed E-state index contributed by atoms with van der Waals surface area (Å²) in [6.07, 6.45) is 2.06. The summed E-state index contributed by atoms with van der Waals surface area (Å²) in [4.78, 5) is 45.4. The number of ether oxygens (including phenoxy) is 1. The van der Waals surface area contributed by atoms with E-state index in [1.54, 1.807) is 0 Å². The van der Waals surface area contributed by atoms with Crippen LogP contribution in [0.15, 0.2) is 24.3 Å². The summed E-state index contributed by atoms with van der Waals surface area (Å²) >= 11 is 1.16. The number of thioether (sulfide) groups is 1. The second kappa shape index (κ2) is 12.9. The van der Waals surface area contributed by atoms with E-state index >= 15 is 0 Å². The molecule has 0 aromatic heterocycles. The normalized spacial score (nSPS) is 11.7. The van der Waals surface area contributed by atoms with Gasteiger partial charge < -0.3 is 10.1 Å². The van der Waals surface area contributed by atoms with Gasteiger partial charge in [0.1, 0.15) is 5.75 Å². The molecular formula is C20H28N2O6S. The van der Waals surface area contributed by atoms with Crippen LogP contribution >= 0.6 is 11.8 Å². The number of nitro groups is 1. The van der Waals surface area contributed by atoms with Crippen molar-refractivity contribution in [1.82, 2.24) is 5.32 Å². The lowest BCUT2D eigenvalue weighted by Crippen LogP contribution is -2.33. The Hall–Kier alpha value is -2.42. The van der Waals surface area contributed by atoms with Gasteiger partial charge in [-0.15, -0.1) is 0 Å². The minimum Gasteiger partial charge on any atom is -0.427 e. The molecule has 0 bridgehead atoms. The van der Waals surface area contributed by atoms with Crippen molar-refractivity contribution < 1.29 is 24.0 Å². The summed E-state index contributed by atoms with van der Waals surface area (Å²) in [5.41, 5.74) is -0.0713. The Morgan fingerprint density at radius 2 is 1.83 bits per heavy atom. The van der Waals surface area contributed by atoms with Gasteiger partial charge in [0.2, 0.25) is 5.91 Å². The highest BCUT2D eigenvalue weighted by atomic mass is 32.2. The van der Waals surface area contributed by atoms with E-state index in [0.717, 1.165) is 11.8 Å². The number of rotatable bonds is 12. The van der Waals surface area contributed by atoms with Crippen LogP contribution in [0.3, 0.4) is 0 Å². The van der Waals surface area contributed by atoms with E-state index in [-0.39, 0.29) is 34.8 Å². The quantitative estimate of drug-likeness (QED) is 0.179. The first-order valence-corrected chi connectivity index (χ1v) is 10.5. The van der Waals surface area contributed by atoms with Crippen molar-refractivity contribution in [2.75, 3.05) is 12.3 Å². The van der Waals surface area contributed by atoms with Crippen LogP contribution in [0.5, 0.6) is 5.75 Å². The van der Waals surface area contributed by atoms with Crippen molar-refractivity contribution in [2.45, 2.75) is 46.5 Å². The molecule has 1 aromatic rings. The zero-order valence-corrected chi connectivity index (χ0v) is 17.8. The van der Waals surface area contributed by atoms with E-state index in [0.29, 0.717) is 37.5 Å². The summed E-state index contributed by atoms with van der Waals surface area (Å²) in [7, 11) is 0. The molecular weight excluding hydrogens is 396 g/mol. The maximum Gasteiger partial charge on any atom is 0.311 e. The molecule has 0 saturated heterocycles. The first-order valence-electron chi connectivity index (χ1n) is 9.55. The molecule has 1 aromatic carbocycles. The monoisotopic (exact) mass is 424 g/mol. The summed E-state index contributed by atoms with van der Waals surface area (Å²) in [6, 6.07) is 5.31. The van der Waals surface area contributed by atoms with Gasteiger partial charge in [-0.05, 0) is 37.3 Å². The zero-order valence-electron chi connectivity index (χ0n) is 17.0. The fourth-order valence-corrected chi connectivity index (χ4v) is 3.33. The number of nitrogens with one attached hydrogen (secondary N) is 1. The molecule has 9 heteroatoms. The Kier molecular flexibility index (Phi) is 11.0. The summed E-state index contributed by atoms with van der Waals surface area (Å²) in [5, 5.41) is 13.5. The van der Waals surface area contributed by atoms with Gasteiger partial charge >= 0.3 is 5.97 Å². The smallest absolute Gasteiger partial charge is 0.311 e. The molecule has 1 unspecified atom stereocenters. The highest BCUT2D eigenvalue weighted by Gasteiger charge is 2.20. The van der Waals surface area contributed by atoms with Crippen molar-refractivity contribution >= 4 is 34.4 Å². The molecule has 1 rings (SSSR count). The van der Waals surface area contributed by atoms with Gasteiger partial charge in [-0.25, -0.2) is 0 Å². The van der Waals surface area contributed by atoms with Gasteiger partial charge in [0.25, 0.3) is 5.69 Å². The summed E-state index contributed by atoms with van der Waals surface area (Å²) < 4.78 is 5.13. The molecule has 0 fully saturated rings. The molecule has 160 valence electrons. The van der Waals surface area contributed by atoms with Gasteiger partial charge in [0.15, 0.2) is 5.12 Å². The predicted molar refractivity (Wildman–Crippen MR) is 112 cm³/mol. The first kappa shape index (κ1) is 24.6. The molecule has 1 N–H and O–H groups in total. The van der Waals surface area contributed by atoms with Gasteiger partial charge in [0, 0.05) is 43.7 Å². The average Bonchev–Trinajstić information content (AvgIpc) is 2.64. The number of nitro benzene ring substituents is 1.